The number of aromatic nitrogens is 2. The minimum atomic E-state index is 0.860. The van der Waals surface area contributed by atoms with Crippen LogP contribution in [0.25, 0.3) is 33.6 Å². The van der Waals surface area contributed by atoms with E-state index < -0.39 is 0 Å². The Hall–Kier alpha value is -5.34. The predicted octanol–water partition coefficient (Wildman–Crippen LogP) is 10.4. The average Bonchev–Trinajstić information content (AvgIpc) is 3.58. The highest BCUT2D eigenvalue weighted by molar-refractivity contribution is 5.71. The number of benzene rings is 5. The molecule has 0 N–H and O–H groups in total. The Kier molecular flexibility index (Phi) is 7.56. The largest absolute Gasteiger partial charge is 0.317 e. The molecule has 214 valence electrons. The zero-order valence-electron chi connectivity index (χ0n) is 25.3. The van der Waals surface area contributed by atoms with Crippen LogP contribution in [0.4, 0.5) is 0 Å². The quantitative estimate of drug-likeness (QED) is 0.173. The van der Waals surface area contributed by atoms with Crippen molar-refractivity contribution in [2.24, 2.45) is 0 Å². The van der Waals surface area contributed by atoms with E-state index in [2.05, 4.69) is 181 Å². The molecule has 0 unspecified atom stereocenters. The molecular weight excluding hydrogens is 532 g/mol. The summed E-state index contributed by atoms with van der Waals surface area (Å²) in [5.74, 6) is 0. The van der Waals surface area contributed by atoms with E-state index in [1.165, 1.54) is 67.5 Å². The van der Waals surface area contributed by atoms with Gasteiger partial charge >= 0.3 is 0 Å². The van der Waals surface area contributed by atoms with E-state index in [9.17, 15) is 0 Å². The highest BCUT2D eigenvalue weighted by Gasteiger charge is 2.19. The molecule has 2 aromatic heterocycles. The van der Waals surface area contributed by atoms with Crippen LogP contribution in [-0.2, 0) is 12.8 Å². The van der Waals surface area contributed by atoms with Crippen LogP contribution < -0.4 is 0 Å². The van der Waals surface area contributed by atoms with Gasteiger partial charge in [-0.25, -0.2) is 0 Å². The highest BCUT2D eigenvalue weighted by atomic mass is 15.0. The van der Waals surface area contributed by atoms with E-state index in [1.54, 1.807) is 0 Å². The van der Waals surface area contributed by atoms with Crippen LogP contribution in [0.3, 0.4) is 0 Å². The molecule has 0 amide bonds. The van der Waals surface area contributed by atoms with Crippen molar-refractivity contribution < 1.29 is 0 Å². The normalized spacial score (nSPS) is 11.1. The summed E-state index contributed by atoms with van der Waals surface area (Å²) < 4.78 is 4.86. The van der Waals surface area contributed by atoms with Gasteiger partial charge < -0.3 is 9.13 Å². The van der Waals surface area contributed by atoms with Crippen LogP contribution in [-0.4, -0.2) is 9.13 Å². The van der Waals surface area contributed by atoms with Gasteiger partial charge in [0, 0.05) is 58.1 Å². The second-order valence-electron chi connectivity index (χ2n) is 11.5. The van der Waals surface area contributed by atoms with Gasteiger partial charge in [0.2, 0.25) is 0 Å². The standard InChI is InChI=1S/C42H36N2/c1-31-27-39(35-19-11-5-12-20-35)41(29-33-15-7-3-8-16-33)43(31)37-23-25-38(26-24-37)44-32(2)28-40(36-21-13-6-14-22-36)42(44)30-34-17-9-4-10-18-34/h3-28H,29-30H2,1-2H3. The van der Waals surface area contributed by atoms with E-state index >= 15 is 0 Å². The van der Waals surface area contributed by atoms with E-state index in [1.807, 2.05) is 0 Å². The van der Waals surface area contributed by atoms with Gasteiger partial charge in [0.15, 0.2) is 0 Å². The van der Waals surface area contributed by atoms with Gasteiger partial charge in [-0.3, -0.25) is 0 Å². The van der Waals surface area contributed by atoms with Crippen molar-refractivity contribution in [3.63, 3.8) is 0 Å². The number of nitrogens with zero attached hydrogens (tertiary/aromatic N) is 2. The lowest BCUT2D eigenvalue weighted by atomic mass is 10.0. The molecule has 2 heterocycles. The Morgan fingerprint density at radius 2 is 0.705 bits per heavy atom. The Morgan fingerprint density at radius 1 is 0.386 bits per heavy atom. The maximum absolute atomic E-state index is 2.43. The predicted molar refractivity (Wildman–Crippen MR) is 184 cm³/mol. The maximum Gasteiger partial charge on any atom is 0.0456 e. The number of hydrogen-bond acceptors (Lipinski definition) is 0. The average molecular weight is 569 g/mol. The summed E-state index contributed by atoms with van der Waals surface area (Å²) in [6.07, 6.45) is 1.72. The summed E-state index contributed by atoms with van der Waals surface area (Å²) in [7, 11) is 0. The van der Waals surface area contributed by atoms with Gasteiger partial charge in [0.25, 0.3) is 0 Å². The van der Waals surface area contributed by atoms with Crippen LogP contribution in [0, 0.1) is 13.8 Å². The van der Waals surface area contributed by atoms with Gasteiger partial charge in [-0.1, -0.05) is 121 Å². The maximum atomic E-state index is 2.43. The van der Waals surface area contributed by atoms with Gasteiger partial charge in [0.05, 0.1) is 0 Å². The second-order valence-corrected chi connectivity index (χ2v) is 11.5. The lowest BCUT2D eigenvalue weighted by Crippen LogP contribution is -2.06. The third-order valence-electron chi connectivity index (χ3n) is 8.54. The number of hydrogen-bond donors (Lipinski definition) is 0. The second kappa shape index (κ2) is 12.1. The molecule has 0 bridgehead atoms. The van der Waals surface area contributed by atoms with Gasteiger partial charge in [0.1, 0.15) is 0 Å². The SMILES string of the molecule is Cc1cc(-c2ccccc2)c(Cc2ccccc2)n1-c1ccc(-n2c(C)cc(-c3ccccc3)c2Cc2ccccc2)cc1. The van der Waals surface area contributed by atoms with Crippen LogP contribution in [0.5, 0.6) is 0 Å². The van der Waals surface area contributed by atoms with Crippen molar-refractivity contribution in [1.82, 2.24) is 9.13 Å². The first-order chi connectivity index (χ1) is 21.7. The third-order valence-corrected chi connectivity index (χ3v) is 8.54. The molecule has 0 saturated carbocycles. The smallest absolute Gasteiger partial charge is 0.0456 e. The fourth-order valence-electron chi connectivity index (χ4n) is 6.51. The molecule has 7 rings (SSSR count). The Bertz CT molecular complexity index is 1830. The molecule has 0 aliphatic heterocycles. The molecule has 2 nitrogen and oxygen atoms in total. The summed E-state index contributed by atoms with van der Waals surface area (Å²) in [6, 6.07) is 56.9. The third kappa shape index (κ3) is 5.43. The van der Waals surface area contributed by atoms with Crippen molar-refractivity contribution in [3.8, 4) is 33.6 Å². The first-order valence-corrected chi connectivity index (χ1v) is 15.4. The molecule has 0 saturated heterocycles. The first-order valence-electron chi connectivity index (χ1n) is 15.4. The fraction of sp³-hybridized carbons (Fsp3) is 0.0952. The van der Waals surface area contributed by atoms with Crippen molar-refractivity contribution in [2.45, 2.75) is 26.7 Å². The van der Waals surface area contributed by atoms with Gasteiger partial charge in [-0.15, -0.1) is 0 Å². The van der Waals surface area contributed by atoms with Crippen LogP contribution in [0.1, 0.15) is 33.9 Å². The molecule has 5 aromatic carbocycles. The Morgan fingerprint density at radius 3 is 1.05 bits per heavy atom. The van der Waals surface area contributed by atoms with Crippen molar-refractivity contribution >= 4 is 0 Å². The van der Waals surface area contributed by atoms with Crippen molar-refractivity contribution in [2.75, 3.05) is 0 Å². The Balaban J connectivity index is 1.33. The number of rotatable bonds is 8. The van der Waals surface area contributed by atoms with Crippen LogP contribution >= 0.6 is 0 Å². The molecule has 44 heavy (non-hydrogen) atoms. The zero-order valence-corrected chi connectivity index (χ0v) is 25.3. The number of aryl methyl sites for hydroxylation is 2. The molecule has 0 aliphatic carbocycles. The molecular formula is C42H36N2. The van der Waals surface area contributed by atoms with E-state index in [0.717, 1.165) is 12.8 Å². The summed E-state index contributed by atoms with van der Waals surface area (Å²) in [5.41, 5.74) is 15.1. The van der Waals surface area contributed by atoms with Gasteiger partial charge in [-0.05, 0) is 72.5 Å². The lowest BCUT2D eigenvalue weighted by molar-refractivity contribution is 0.909. The molecule has 2 heteroatoms. The van der Waals surface area contributed by atoms with Crippen LogP contribution in [0.15, 0.2) is 158 Å². The molecule has 0 fully saturated rings. The molecule has 0 radical (unpaired) electrons. The van der Waals surface area contributed by atoms with Crippen molar-refractivity contribution in [3.05, 3.63) is 192 Å². The summed E-state index contributed by atoms with van der Waals surface area (Å²) in [4.78, 5) is 0. The molecule has 0 atom stereocenters. The molecule has 0 aliphatic rings. The minimum absolute atomic E-state index is 0.860. The van der Waals surface area contributed by atoms with Crippen molar-refractivity contribution in [1.29, 1.82) is 0 Å². The van der Waals surface area contributed by atoms with E-state index in [0.29, 0.717) is 0 Å². The lowest BCUT2D eigenvalue weighted by Gasteiger charge is -2.17. The van der Waals surface area contributed by atoms with E-state index in [-0.39, 0.29) is 0 Å². The minimum Gasteiger partial charge on any atom is -0.317 e. The highest BCUT2D eigenvalue weighted by Crippen LogP contribution is 2.34. The molecule has 7 aromatic rings. The first kappa shape index (κ1) is 27.5. The summed E-state index contributed by atoms with van der Waals surface area (Å²) in [6.45, 7) is 4.43. The summed E-state index contributed by atoms with van der Waals surface area (Å²) >= 11 is 0. The molecule has 0 spiro atoms. The monoisotopic (exact) mass is 568 g/mol. The Labute approximate surface area is 260 Å². The zero-order chi connectivity index (χ0) is 29.9. The van der Waals surface area contributed by atoms with Gasteiger partial charge in [-0.2, -0.15) is 0 Å². The fourth-order valence-corrected chi connectivity index (χ4v) is 6.51. The van der Waals surface area contributed by atoms with E-state index in [4.69, 9.17) is 0 Å². The topological polar surface area (TPSA) is 9.86 Å². The van der Waals surface area contributed by atoms with Crippen LogP contribution in [0.2, 0.25) is 0 Å². The summed E-state index contributed by atoms with van der Waals surface area (Å²) in [5, 5.41) is 0.